The maximum atomic E-state index is 12.5. The second-order valence-electron chi connectivity index (χ2n) is 5.58. The molecule has 1 saturated heterocycles. The number of nitrogens with one attached hydrogen (secondary N) is 1. The van der Waals surface area contributed by atoms with E-state index in [2.05, 4.69) is 10.3 Å². The van der Waals surface area contributed by atoms with Crippen molar-refractivity contribution in [3.63, 3.8) is 0 Å². The normalized spacial score (nSPS) is 26.8. The van der Waals surface area contributed by atoms with Crippen molar-refractivity contribution in [3.8, 4) is 0 Å². The number of piperazine rings is 1. The first-order valence-electron chi connectivity index (χ1n) is 7.12. The number of amides is 2. The van der Waals surface area contributed by atoms with E-state index in [1.807, 2.05) is 19.2 Å². The van der Waals surface area contributed by atoms with Crippen LogP contribution in [0.1, 0.15) is 36.9 Å². The Morgan fingerprint density at radius 2 is 2.20 bits per heavy atom. The van der Waals surface area contributed by atoms with Gasteiger partial charge < -0.3 is 10.2 Å². The number of hydrogen-bond acceptors (Lipinski definition) is 4. The van der Waals surface area contributed by atoms with Crippen molar-refractivity contribution < 1.29 is 9.59 Å². The third-order valence-electron chi connectivity index (χ3n) is 3.98. The molecular formula is C14H19N3O2S. The van der Waals surface area contributed by atoms with Crippen LogP contribution in [0, 0.1) is 12.8 Å². The quantitative estimate of drug-likeness (QED) is 0.914. The summed E-state index contributed by atoms with van der Waals surface area (Å²) in [4.78, 5) is 31.0. The predicted octanol–water partition coefficient (Wildman–Crippen LogP) is 1.47. The summed E-state index contributed by atoms with van der Waals surface area (Å²) in [5, 5.41) is 5.82. The van der Waals surface area contributed by atoms with E-state index < -0.39 is 0 Å². The molecule has 2 aliphatic rings. The van der Waals surface area contributed by atoms with Crippen LogP contribution in [0.3, 0.4) is 0 Å². The Bertz CT molecular complexity index is 538. The van der Waals surface area contributed by atoms with Crippen molar-refractivity contribution in [1.82, 2.24) is 15.2 Å². The smallest absolute Gasteiger partial charge is 0.246 e. The minimum atomic E-state index is -0.378. The van der Waals surface area contributed by atoms with Gasteiger partial charge in [0.25, 0.3) is 0 Å². The summed E-state index contributed by atoms with van der Waals surface area (Å²) in [6.45, 7) is 4.33. The molecule has 6 heteroatoms. The number of thiazole rings is 1. The van der Waals surface area contributed by atoms with E-state index >= 15 is 0 Å². The highest BCUT2D eigenvalue weighted by atomic mass is 32.1. The molecule has 0 bridgehead atoms. The summed E-state index contributed by atoms with van der Waals surface area (Å²) in [6, 6.07) is -0.676. The average Bonchev–Trinajstić information content (AvgIpc) is 3.16. The van der Waals surface area contributed by atoms with E-state index in [1.165, 1.54) is 0 Å². The molecule has 1 saturated carbocycles. The summed E-state index contributed by atoms with van der Waals surface area (Å²) in [7, 11) is 0. The predicted molar refractivity (Wildman–Crippen MR) is 76.1 cm³/mol. The molecule has 2 fully saturated rings. The molecule has 3 rings (SSSR count). The highest BCUT2D eigenvalue weighted by Crippen LogP contribution is 2.37. The molecule has 5 nitrogen and oxygen atoms in total. The van der Waals surface area contributed by atoms with Gasteiger partial charge in [-0.05, 0) is 32.1 Å². The van der Waals surface area contributed by atoms with Crippen molar-refractivity contribution in [2.45, 2.75) is 51.7 Å². The Morgan fingerprint density at radius 1 is 1.45 bits per heavy atom. The van der Waals surface area contributed by atoms with Gasteiger partial charge in [-0.25, -0.2) is 4.98 Å². The topological polar surface area (TPSA) is 62.3 Å². The summed E-state index contributed by atoms with van der Waals surface area (Å²) in [5.41, 5.74) is 0.885. The van der Waals surface area contributed by atoms with Crippen molar-refractivity contribution >= 4 is 23.2 Å². The maximum absolute atomic E-state index is 12.5. The van der Waals surface area contributed by atoms with E-state index in [9.17, 15) is 9.59 Å². The molecule has 1 N–H and O–H groups in total. The SMILES string of the molecule is CCC1NC(=O)C(C2CC2)N(Cc2csc(C)n2)C1=O. The summed E-state index contributed by atoms with van der Waals surface area (Å²) in [6.07, 6.45) is 2.71. The van der Waals surface area contributed by atoms with Gasteiger partial charge in [0.2, 0.25) is 11.8 Å². The van der Waals surface area contributed by atoms with Gasteiger partial charge in [-0.3, -0.25) is 9.59 Å². The fourth-order valence-corrected chi connectivity index (χ4v) is 3.39. The number of carbonyl (C=O) groups is 2. The van der Waals surface area contributed by atoms with Crippen LogP contribution >= 0.6 is 11.3 Å². The van der Waals surface area contributed by atoms with Crippen molar-refractivity contribution in [1.29, 1.82) is 0 Å². The van der Waals surface area contributed by atoms with Crippen LogP contribution < -0.4 is 5.32 Å². The Hall–Kier alpha value is -1.43. The van der Waals surface area contributed by atoms with E-state index in [0.29, 0.717) is 18.9 Å². The molecule has 20 heavy (non-hydrogen) atoms. The molecular weight excluding hydrogens is 274 g/mol. The van der Waals surface area contributed by atoms with E-state index in [0.717, 1.165) is 23.5 Å². The van der Waals surface area contributed by atoms with Crippen molar-refractivity contribution in [3.05, 3.63) is 16.1 Å². The lowest BCUT2D eigenvalue weighted by molar-refractivity contribution is -0.151. The van der Waals surface area contributed by atoms with Crippen LogP contribution in [0.15, 0.2) is 5.38 Å². The lowest BCUT2D eigenvalue weighted by atomic mass is 10.0. The molecule has 1 aromatic rings. The molecule has 0 aromatic carbocycles. The third-order valence-corrected chi connectivity index (χ3v) is 4.80. The van der Waals surface area contributed by atoms with E-state index in [1.54, 1.807) is 16.2 Å². The lowest BCUT2D eigenvalue weighted by Crippen LogP contribution is -2.63. The Kier molecular flexibility index (Phi) is 3.50. The minimum Gasteiger partial charge on any atom is -0.343 e. The number of hydrogen-bond donors (Lipinski definition) is 1. The average molecular weight is 293 g/mol. The van der Waals surface area contributed by atoms with Crippen molar-refractivity contribution in [2.24, 2.45) is 5.92 Å². The van der Waals surface area contributed by atoms with Gasteiger partial charge in [-0.2, -0.15) is 0 Å². The number of aryl methyl sites for hydroxylation is 1. The fraction of sp³-hybridized carbons (Fsp3) is 0.643. The standard InChI is InChI=1S/C14H19N3O2S/c1-3-11-14(19)17(6-10-7-20-8(2)15-10)12(9-4-5-9)13(18)16-11/h7,9,11-12H,3-6H2,1-2H3,(H,16,18). The highest BCUT2D eigenvalue weighted by Gasteiger charge is 2.47. The molecule has 0 radical (unpaired) electrons. The summed E-state index contributed by atoms with van der Waals surface area (Å²) in [5.74, 6) is 0.372. The zero-order valence-corrected chi connectivity index (χ0v) is 12.6. The van der Waals surface area contributed by atoms with Crippen LogP contribution in [0.2, 0.25) is 0 Å². The lowest BCUT2D eigenvalue weighted by Gasteiger charge is -2.38. The Labute approximate surface area is 122 Å². The fourth-order valence-electron chi connectivity index (χ4n) is 2.79. The van der Waals surface area contributed by atoms with Crippen LogP contribution in [-0.2, 0) is 16.1 Å². The zero-order chi connectivity index (χ0) is 14.3. The minimum absolute atomic E-state index is 0.00546. The number of rotatable bonds is 4. The van der Waals surface area contributed by atoms with Gasteiger partial charge >= 0.3 is 0 Å². The molecule has 1 aliphatic carbocycles. The molecule has 2 unspecified atom stereocenters. The van der Waals surface area contributed by atoms with Gasteiger partial charge in [-0.15, -0.1) is 11.3 Å². The molecule has 2 amide bonds. The van der Waals surface area contributed by atoms with Crippen LogP contribution in [0.25, 0.3) is 0 Å². The van der Waals surface area contributed by atoms with Gasteiger partial charge in [-0.1, -0.05) is 6.92 Å². The Morgan fingerprint density at radius 3 is 2.75 bits per heavy atom. The first-order valence-corrected chi connectivity index (χ1v) is 8.00. The van der Waals surface area contributed by atoms with Crippen LogP contribution in [-0.4, -0.2) is 33.8 Å². The second kappa shape index (κ2) is 5.16. The largest absolute Gasteiger partial charge is 0.343 e. The number of nitrogens with zero attached hydrogens (tertiary/aromatic N) is 2. The molecule has 1 aliphatic heterocycles. The summed E-state index contributed by atoms with van der Waals surface area (Å²) < 4.78 is 0. The van der Waals surface area contributed by atoms with E-state index in [4.69, 9.17) is 0 Å². The first-order chi connectivity index (χ1) is 9.60. The highest BCUT2D eigenvalue weighted by molar-refractivity contribution is 7.09. The van der Waals surface area contributed by atoms with Crippen LogP contribution in [0.5, 0.6) is 0 Å². The first kappa shape index (κ1) is 13.5. The number of carbonyl (C=O) groups excluding carboxylic acids is 2. The molecule has 1 aromatic heterocycles. The zero-order valence-electron chi connectivity index (χ0n) is 11.8. The third kappa shape index (κ3) is 2.44. The van der Waals surface area contributed by atoms with Crippen LogP contribution in [0.4, 0.5) is 0 Å². The second-order valence-corrected chi connectivity index (χ2v) is 6.64. The Balaban J connectivity index is 1.85. The van der Waals surface area contributed by atoms with Gasteiger partial charge in [0.15, 0.2) is 0 Å². The monoisotopic (exact) mass is 293 g/mol. The molecule has 0 spiro atoms. The molecule has 108 valence electrons. The molecule has 2 atom stereocenters. The van der Waals surface area contributed by atoms with Gasteiger partial charge in [0.05, 0.1) is 17.2 Å². The molecule has 2 heterocycles. The van der Waals surface area contributed by atoms with Crippen molar-refractivity contribution in [2.75, 3.05) is 0 Å². The van der Waals surface area contributed by atoms with Gasteiger partial charge in [0, 0.05) is 5.38 Å². The summed E-state index contributed by atoms with van der Waals surface area (Å²) >= 11 is 1.58. The van der Waals surface area contributed by atoms with E-state index in [-0.39, 0.29) is 23.9 Å². The van der Waals surface area contributed by atoms with Gasteiger partial charge in [0.1, 0.15) is 12.1 Å². The number of aromatic nitrogens is 1. The maximum Gasteiger partial charge on any atom is 0.246 e.